The molecule has 2 N–H and O–H groups in total. The topological polar surface area (TPSA) is 87.7 Å². The number of benzene rings is 1. The molecule has 8 heteroatoms. The summed E-state index contributed by atoms with van der Waals surface area (Å²) in [5, 5.41) is 5.94. The summed E-state index contributed by atoms with van der Waals surface area (Å²) in [5.74, 6) is -0.540. The molecule has 3 rings (SSSR count). The summed E-state index contributed by atoms with van der Waals surface area (Å²) < 4.78 is 5.25. The van der Waals surface area contributed by atoms with E-state index in [1.54, 1.807) is 24.3 Å². The minimum Gasteiger partial charge on any atom is -0.378 e. The van der Waals surface area contributed by atoms with E-state index in [4.69, 9.17) is 4.74 Å². The Morgan fingerprint density at radius 2 is 1.88 bits per heavy atom. The maximum Gasteiger partial charge on any atom is 0.261 e. The molecule has 0 saturated carbocycles. The number of nitrogens with one attached hydrogen (secondary N) is 2. The Hall–Kier alpha value is -1.96. The lowest BCUT2D eigenvalue weighted by atomic mass is 10.1. The molecule has 0 aliphatic carbocycles. The summed E-state index contributed by atoms with van der Waals surface area (Å²) in [6, 6.07) is 6.57. The predicted octanol–water partition coefficient (Wildman–Crippen LogP) is 0.589. The van der Waals surface area contributed by atoms with Crippen molar-refractivity contribution in [2.75, 3.05) is 32.8 Å². The molecule has 1 aromatic rings. The van der Waals surface area contributed by atoms with Gasteiger partial charge in [-0.3, -0.25) is 19.3 Å². The lowest BCUT2D eigenvalue weighted by molar-refractivity contribution is -0.125. The fraction of sp³-hybridized carbons (Fsp3) is 0.471. The van der Waals surface area contributed by atoms with Crippen LogP contribution in [-0.4, -0.2) is 61.5 Å². The van der Waals surface area contributed by atoms with Crippen LogP contribution >= 0.6 is 12.4 Å². The third-order valence-corrected chi connectivity index (χ3v) is 4.22. The molecule has 3 amide bonds. The van der Waals surface area contributed by atoms with Gasteiger partial charge >= 0.3 is 0 Å². The summed E-state index contributed by atoms with van der Waals surface area (Å²) in [7, 11) is 0. The maximum absolute atomic E-state index is 12.2. The van der Waals surface area contributed by atoms with Gasteiger partial charge in [0.1, 0.15) is 6.04 Å². The van der Waals surface area contributed by atoms with Crippen LogP contribution in [0.25, 0.3) is 0 Å². The van der Waals surface area contributed by atoms with Gasteiger partial charge in [-0.25, -0.2) is 0 Å². The molecule has 2 aliphatic heterocycles. The van der Waals surface area contributed by atoms with Crippen LogP contribution in [0.4, 0.5) is 0 Å². The van der Waals surface area contributed by atoms with Crippen LogP contribution in [0.15, 0.2) is 24.3 Å². The maximum atomic E-state index is 12.2. The van der Waals surface area contributed by atoms with Crippen molar-refractivity contribution in [3.8, 4) is 0 Å². The van der Waals surface area contributed by atoms with Gasteiger partial charge in [-0.2, -0.15) is 0 Å². The average molecular weight is 368 g/mol. The number of ether oxygens (including phenoxy) is 1. The summed E-state index contributed by atoms with van der Waals surface area (Å²) in [6.07, 6.45) is 1.35. The number of morpholine rings is 1. The van der Waals surface area contributed by atoms with Crippen molar-refractivity contribution in [2.45, 2.75) is 18.9 Å². The average Bonchev–Trinajstić information content (AvgIpc) is 2.87. The quantitative estimate of drug-likeness (QED) is 0.567. The lowest BCUT2D eigenvalue weighted by Crippen LogP contribution is -2.51. The number of unbranched alkanes of at least 4 members (excludes halogenated alkanes) is 1. The first-order valence-corrected chi connectivity index (χ1v) is 8.22. The van der Waals surface area contributed by atoms with E-state index in [1.807, 2.05) is 0 Å². The zero-order chi connectivity index (χ0) is 16.9. The highest BCUT2D eigenvalue weighted by atomic mass is 35.5. The smallest absolute Gasteiger partial charge is 0.261 e. The second-order valence-electron chi connectivity index (χ2n) is 5.89. The van der Waals surface area contributed by atoms with E-state index < -0.39 is 0 Å². The largest absolute Gasteiger partial charge is 0.378 e. The number of rotatable bonds is 6. The third-order valence-electron chi connectivity index (χ3n) is 4.22. The fourth-order valence-electron chi connectivity index (χ4n) is 2.91. The first-order valence-electron chi connectivity index (χ1n) is 8.22. The Morgan fingerprint density at radius 1 is 1.20 bits per heavy atom. The van der Waals surface area contributed by atoms with Gasteiger partial charge < -0.3 is 15.4 Å². The van der Waals surface area contributed by atoms with Crippen LogP contribution in [0, 0.1) is 0 Å². The summed E-state index contributed by atoms with van der Waals surface area (Å²) >= 11 is 0. The standard InChI is InChI=1S/C17H21N3O4.ClH/c21-15(14-11-24-10-8-18-14)19-7-3-4-9-20-16(22)12-5-1-2-6-13(12)17(20)23;/h1-2,5-6,14,18H,3-4,7-11H2,(H,19,21);1H. The zero-order valence-corrected chi connectivity index (χ0v) is 14.6. The molecule has 1 aromatic carbocycles. The van der Waals surface area contributed by atoms with Gasteiger partial charge in [0.2, 0.25) is 5.91 Å². The number of fused-ring (bicyclic) bond motifs is 1. The molecular formula is C17H22ClN3O4. The van der Waals surface area contributed by atoms with Crippen LogP contribution < -0.4 is 10.6 Å². The van der Waals surface area contributed by atoms with Crippen molar-refractivity contribution in [3.05, 3.63) is 35.4 Å². The van der Waals surface area contributed by atoms with E-state index in [0.717, 1.165) is 0 Å². The molecule has 1 fully saturated rings. The molecule has 2 aliphatic rings. The Balaban J connectivity index is 0.00000225. The Bertz CT molecular complexity index is 612. The van der Waals surface area contributed by atoms with Gasteiger partial charge in [0, 0.05) is 19.6 Å². The van der Waals surface area contributed by atoms with Gasteiger partial charge in [-0.05, 0) is 25.0 Å². The van der Waals surface area contributed by atoms with Crippen molar-refractivity contribution in [2.24, 2.45) is 0 Å². The number of hydrogen-bond acceptors (Lipinski definition) is 5. The zero-order valence-electron chi connectivity index (χ0n) is 13.8. The number of amides is 3. The first-order chi connectivity index (χ1) is 11.7. The number of imide groups is 1. The van der Waals surface area contributed by atoms with Gasteiger partial charge in [0.25, 0.3) is 11.8 Å². The highest BCUT2D eigenvalue weighted by Crippen LogP contribution is 2.22. The molecule has 0 aromatic heterocycles. The Kier molecular flexibility index (Phi) is 6.92. The number of nitrogens with zero attached hydrogens (tertiary/aromatic N) is 1. The predicted molar refractivity (Wildman–Crippen MR) is 93.9 cm³/mol. The monoisotopic (exact) mass is 367 g/mol. The van der Waals surface area contributed by atoms with E-state index in [2.05, 4.69) is 10.6 Å². The van der Waals surface area contributed by atoms with Crippen LogP contribution in [-0.2, 0) is 9.53 Å². The molecular weight excluding hydrogens is 346 g/mol. The Morgan fingerprint density at radius 3 is 2.48 bits per heavy atom. The van der Waals surface area contributed by atoms with E-state index in [-0.39, 0.29) is 36.2 Å². The number of carbonyl (C=O) groups excluding carboxylic acids is 3. The molecule has 7 nitrogen and oxygen atoms in total. The van der Waals surface area contributed by atoms with Gasteiger partial charge in [0.05, 0.1) is 24.3 Å². The fourth-order valence-corrected chi connectivity index (χ4v) is 2.91. The van der Waals surface area contributed by atoms with Gasteiger partial charge in [0.15, 0.2) is 0 Å². The van der Waals surface area contributed by atoms with Crippen molar-refractivity contribution < 1.29 is 19.1 Å². The number of carbonyl (C=O) groups is 3. The molecule has 1 saturated heterocycles. The third kappa shape index (κ3) is 4.36. The second-order valence-corrected chi connectivity index (χ2v) is 5.89. The van der Waals surface area contributed by atoms with Crippen LogP contribution in [0.3, 0.4) is 0 Å². The molecule has 136 valence electrons. The van der Waals surface area contributed by atoms with E-state index >= 15 is 0 Å². The number of hydrogen-bond donors (Lipinski definition) is 2. The van der Waals surface area contributed by atoms with Crippen LogP contribution in [0.1, 0.15) is 33.6 Å². The number of halogens is 1. The van der Waals surface area contributed by atoms with E-state index in [0.29, 0.717) is 56.8 Å². The van der Waals surface area contributed by atoms with Gasteiger partial charge in [-0.15, -0.1) is 12.4 Å². The van der Waals surface area contributed by atoms with Gasteiger partial charge in [-0.1, -0.05) is 12.1 Å². The Labute approximate surface area is 152 Å². The first kappa shape index (κ1) is 19.4. The van der Waals surface area contributed by atoms with Crippen molar-refractivity contribution in [3.63, 3.8) is 0 Å². The lowest BCUT2D eigenvalue weighted by Gasteiger charge is -2.22. The molecule has 0 bridgehead atoms. The minimum atomic E-state index is -0.296. The van der Waals surface area contributed by atoms with E-state index in [9.17, 15) is 14.4 Å². The van der Waals surface area contributed by atoms with E-state index in [1.165, 1.54) is 4.90 Å². The molecule has 1 atom stereocenters. The molecule has 0 radical (unpaired) electrons. The molecule has 2 heterocycles. The molecule has 0 spiro atoms. The highest BCUT2D eigenvalue weighted by Gasteiger charge is 2.34. The summed E-state index contributed by atoms with van der Waals surface area (Å²) in [5.41, 5.74) is 0.943. The minimum absolute atomic E-state index is 0. The van der Waals surface area contributed by atoms with Crippen molar-refractivity contribution >= 4 is 30.1 Å². The summed E-state index contributed by atoms with van der Waals surface area (Å²) in [4.78, 5) is 37.6. The van der Waals surface area contributed by atoms with Crippen molar-refractivity contribution in [1.82, 2.24) is 15.5 Å². The molecule has 1 unspecified atom stereocenters. The second kappa shape index (κ2) is 8.94. The van der Waals surface area contributed by atoms with Crippen molar-refractivity contribution in [1.29, 1.82) is 0 Å². The SMILES string of the molecule is Cl.O=C(NCCCCN1C(=O)c2ccccc2C1=O)C1COCCN1. The highest BCUT2D eigenvalue weighted by molar-refractivity contribution is 6.21. The molecule has 25 heavy (non-hydrogen) atoms. The summed E-state index contributed by atoms with van der Waals surface area (Å²) in [6.45, 7) is 2.58. The van der Waals surface area contributed by atoms with Crippen LogP contribution in [0.2, 0.25) is 0 Å². The van der Waals surface area contributed by atoms with Crippen LogP contribution in [0.5, 0.6) is 0 Å². The normalized spacial score (nSPS) is 19.4.